The van der Waals surface area contributed by atoms with Crippen molar-refractivity contribution in [1.82, 2.24) is 10.6 Å². The van der Waals surface area contributed by atoms with Crippen molar-refractivity contribution in [3.63, 3.8) is 0 Å². The van der Waals surface area contributed by atoms with E-state index >= 15 is 0 Å². The summed E-state index contributed by atoms with van der Waals surface area (Å²) in [7, 11) is 0.661. The topological polar surface area (TPSA) is 72.0 Å². The van der Waals surface area contributed by atoms with Crippen molar-refractivity contribution in [3.05, 3.63) is 59.7 Å². The number of aliphatic imine (C=N–C) groups is 1. The molecule has 0 radical (unpaired) electrons. The van der Waals surface area contributed by atoms with E-state index in [-0.39, 0.29) is 24.0 Å². The van der Waals surface area contributed by atoms with Crippen LogP contribution in [0.3, 0.4) is 0 Å². The molecule has 6 nitrogen and oxygen atoms in total. The lowest BCUT2D eigenvalue weighted by molar-refractivity contribution is 0.172. The molecule has 2 rings (SSSR count). The van der Waals surface area contributed by atoms with E-state index in [4.69, 9.17) is 9.47 Å². The van der Waals surface area contributed by atoms with Gasteiger partial charge < -0.3 is 20.1 Å². The monoisotopic (exact) mass is 559 g/mol. The molecule has 0 fully saturated rings. The Bertz CT molecular complexity index is 819. The van der Waals surface area contributed by atoms with Crippen LogP contribution in [0.15, 0.2) is 58.4 Å². The molecule has 2 aromatic rings. The van der Waals surface area contributed by atoms with Crippen molar-refractivity contribution >= 4 is 40.7 Å². The van der Waals surface area contributed by atoms with Gasteiger partial charge in [-0.3, -0.25) is 4.21 Å². The maximum atomic E-state index is 12.4. The van der Waals surface area contributed by atoms with Crippen LogP contribution in [0.1, 0.15) is 24.5 Å². The van der Waals surface area contributed by atoms with Gasteiger partial charge in [-0.05, 0) is 37.6 Å². The van der Waals surface area contributed by atoms with E-state index in [0.29, 0.717) is 38.0 Å². The molecule has 1 atom stereocenters. The second-order valence-electron chi connectivity index (χ2n) is 6.79. The zero-order valence-corrected chi connectivity index (χ0v) is 21.7. The zero-order valence-electron chi connectivity index (χ0n) is 18.6. The number of hydrogen-bond acceptors (Lipinski definition) is 4. The molecule has 0 saturated heterocycles. The smallest absolute Gasteiger partial charge is 0.191 e. The van der Waals surface area contributed by atoms with Gasteiger partial charge in [0.05, 0.1) is 24.0 Å². The Balaban J connectivity index is 0.00000480. The number of ether oxygens (including phenoxy) is 2. The number of benzene rings is 2. The molecule has 0 heterocycles. The number of methoxy groups -OCH3 is 1. The van der Waals surface area contributed by atoms with Crippen LogP contribution in [-0.4, -0.2) is 49.3 Å². The molecule has 0 aliphatic carbocycles. The molecule has 0 saturated carbocycles. The molecule has 2 aromatic carbocycles. The average molecular weight is 560 g/mol. The van der Waals surface area contributed by atoms with Crippen molar-refractivity contribution < 1.29 is 13.7 Å². The van der Waals surface area contributed by atoms with E-state index in [0.717, 1.165) is 34.7 Å². The third-order valence-electron chi connectivity index (χ3n) is 4.31. The molecule has 0 aromatic heterocycles. The largest absolute Gasteiger partial charge is 0.493 e. The normalized spacial score (nSPS) is 12.0. The molecule has 31 heavy (non-hydrogen) atoms. The summed E-state index contributed by atoms with van der Waals surface area (Å²) in [6.45, 7) is 7.18. The summed E-state index contributed by atoms with van der Waals surface area (Å²) in [5.41, 5.74) is 2.18. The third-order valence-corrected chi connectivity index (χ3v) is 5.68. The molecule has 172 valence electrons. The van der Waals surface area contributed by atoms with Crippen LogP contribution in [-0.2, 0) is 22.1 Å². The molecule has 0 aliphatic rings. The fraction of sp³-hybridized carbons (Fsp3) is 0.435. The summed E-state index contributed by atoms with van der Waals surface area (Å²) in [4.78, 5) is 5.52. The number of hydrogen-bond donors (Lipinski definition) is 2. The highest BCUT2D eigenvalue weighted by Gasteiger charge is 2.07. The Morgan fingerprint density at radius 1 is 1.10 bits per heavy atom. The van der Waals surface area contributed by atoms with Crippen LogP contribution in [0.4, 0.5) is 0 Å². The number of guanidine groups is 1. The predicted molar refractivity (Wildman–Crippen MR) is 139 cm³/mol. The summed E-state index contributed by atoms with van der Waals surface area (Å²) < 4.78 is 23.4. The van der Waals surface area contributed by atoms with Crippen LogP contribution in [0, 0.1) is 6.92 Å². The first-order valence-electron chi connectivity index (χ1n) is 10.3. The highest BCUT2D eigenvalue weighted by Crippen LogP contribution is 2.21. The Hall–Kier alpha value is -1.65. The average Bonchev–Trinajstić information content (AvgIpc) is 2.76. The van der Waals surface area contributed by atoms with Crippen molar-refractivity contribution in [2.45, 2.75) is 31.7 Å². The quantitative estimate of drug-likeness (QED) is 0.179. The van der Waals surface area contributed by atoms with Gasteiger partial charge in [-0.1, -0.05) is 30.3 Å². The number of rotatable bonds is 12. The van der Waals surface area contributed by atoms with Gasteiger partial charge in [0.25, 0.3) is 0 Å². The number of nitrogens with zero attached hydrogens (tertiary/aromatic N) is 1. The van der Waals surface area contributed by atoms with Gasteiger partial charge in [-0.2, -0.15) is 0 Å². The highest BCUT2D eigenvalue weighted by molar-refractivity contribution is 14.0. The first kappa shape index (κ1) is 27.4. The third kappa shape index (κ3) is 10.5. The Morgan fingerprint density at radius 3 is 2.58 bits per heavy atom. The lowest BCUT2D eigenvalue weighted by atomic mass is 10.1. The fourth-order valence-electron chi connectivity index (χ4n) is 2.77. The number of nitrogens with one attached hydrogen (secondary N) is 2. The molecule has 2 N–H and O–H groups in total. The van der Waals surface area contributed by atoms with Crippen LogP contribution in [0.25, 0.3) is 0 Å². The van der Waals surface area contributed by atoms with Crippen LogP contribution in [0.5, 0.6) is 5.75 Å². The molecule has 0 bridgehead atoms. The van der Waals surface area contributed by atoms with Crippen LogP contribution < -0.4 is 15.4 Å². The molecule has 0 spiro atoms. The van der Waals surface area contributed by atoms with Gasteiger partial charge >= 0.3 is 0 Å². The zero-order chi connectivity index (χ0) is 21.6. The maximum Gasteiger partial charge on any atom is 0.191 e. The van der Waals surface area contributed by atoms with Gasteiger partial charge in [-0.25, -0.2) is 4.99 Å². The summed E-state index contributed by atoms with van der Waals surface area (Å²) in [6.07, 6.45) is 0.843. The van der Waals surface area contributed by atoms with E-state index in [2.05, 4.69) is 27.8 Å². The van der Waals surface area contributed by atoms with Gasteiger partial charge in [0.1, 0.15) is 5.75 Å². The van der Waals surface area contributed by atoms with Gasteiger partial charge in [0, 0.05) is 49.4 Å². The van der Waals surface area contributed by atoms with Crippen LogP contribution >= 0.6 is 24.0 Å². The predicted octanol–water partition coefficient (Wildman–Crippen LogP) is 3.89. The highest BCUT2D eigenvalue weighted by atomic mass is 127. The minimum atomic E-state index is -1.03. The first-order valence-corrected chi connectivity index (χ1v) is 11.6. The van der Waals surface area contributed by atoms with Crippen molar-refractivity contribution in [3.8, 4) is 5.75 Å². The summed E-state index contributed by atoms with van der Waals surface area (Å²) in [6, 6.07) is 15.7. The van der Waals surface area contributed by atoms with Crippen LogP contribution in [0.2, 0.25) is 0 Å². The van der Waals surface area contributed by atoms with E-state index < -0.39 is 10.8 Å². The summed E-state index contributed by atoms with van der Waals surface area (Å²) in [5.74, 6) is 2.08. The molecule has 0 amide bonds. The molecular formula is C23H34IN3O3S. The number of halogens is 1. The molecule has 8 heteroatoms. The molecule has 1 unspecified atom stereocenters. The van der Waals surface area contributed by atoms with Crippen molar-refractivity contribution in [2.75, 3.05) is 39.2 Å². The SMILES string of the molecule is CCNC(=NCc1ccc(C)cc1OCCCOC)NCCS(=O)c1ccccc1.I. The number of aryl methyl sites for hydroxylation is 1. The van der Waals surface area contributed by atoms with E-state index in [1.165, 1.54) is 0 Å². The van der Waals surface area contributed by atoms with Gasteiger partial charge in [0.15, 0.2) is 5.96 Å². The molecular weight excluding hydrogens is 525 g/mol. The second kappa shape index (κ2) is 16.0. The van der Waals surface area contributed by atoms with Gasteiger partial charge in [0.2, 0.25) is 0 Å². The van der Waals surface area contributed by atoms with E-state index in [1.54, 1.807) is 7.11 Å². The maximum absolute atomic E-state index is 12.4. The van der Waals surface area contributed by atoms with E-state index in [9.17, 15) is 4.21 Å². The summed E-state index contributed by atoms with van der Waals surface area (Å²) >= 11 is 0. The first-order chi connectivity index (χ1) is 14.6. The Morgan fingerprint density at radius 2 is 1.87 bits per heavy atom. The molecule has 0 aliphatic heterocycles. The second-order valence-corrected chi connectivity index (χ2v) is 8.36. The standard InChI is InChI=1S/C23H33N3O3S.HI/c1-4-24-23(25-13-16-30(27)21-9-6-5-7-10-21)26-18-20-12-11-19(2)17-22(20)29-15-8-14-28-3;/h5-7,9-12,17H,4,8,13-16,18H2,1-3H3,(H2,24,25,26);1H. The van der Waals surface area contributed by atoms with Crippen molar-refractivity contribution in [2.24, 2.45) is 4.99 Å². The Kier molecular flexibility index (Phi) is 14.2. The summed E-state index contributed by atoms with van der Waals surface area (Å²) in [5, 5.41) is 6.51. The minimum absolute atomic E-state index is 0. The fourth-order valence-corrected chi connectivity index (χ4v) is 3.75. The lowest BCUT2D eigenvalue weighted by Crippen LogP contribution is -2.39. The van der Waals surface area contributed by atoms with Gasteiger partial charge in [-0.15, -0.1) is 24.0 Å². The van der Waals surface area contributed by atoms with Crippen molar-refractivity contribution in [1.29, 1.82) is 0 Å². The lowest BCUT2D eigenvalue weighted by Gasteiger charge is -2.14. The van der Waals surface area contributed by atoms with E-state index in [1.807, 2.05) is 50.2 Å². The Labute approximate surface area is 205 Å². The minimum Gasteiger partial charge on any atom is -0.493 e.